The molecule has 0 bridgehead atoms. The normalized spacial score (nSPS) is 15.4. The zero-order valence-corrected chi connectivity index (χ0v) is 10.2. The predicted molar refractivity (Wildman–Crippen MR) is 60.9 cm³/mol. The second-order valence-electron chi connectivity index (χ2n) is 3.27. The van der Waals surface area contributed by atoms with E-state index in [0.717, 1.165) is 12.2 Å². The number of hydrogen-bond acceptors (Lipinski definition) is 4. The minimum Gasteiger partial charge on any atom is -0.390 e. The first-order chi connectivity index (χ1) is 6.70. The average Bonchev–Trinajstić information content (AvgIpc) is 2.21. The molecule has 0 radical (unpaired) electrons. The van der Waals surface area contributed by atoms with Crippen LogP contribution in [-0.2, 0) is 9.47 Å². The zero-order valence-electron chi connectivity index (χ0n) is 9.36. The first-order valence-corrected chi connectivity index (χ1v) is 6.11. The van der Waals surface area contributed by atoms with E-state index in [0.29, 0.717) is 25.1 Å². The standard InChI is InChI=1S/C10H22O3S/c1-4-9(2)14-8-10(11)7-13-6-5-12-3/h9-11H,4-8H2,1-3H3. The summed E-state index contributed by atoms with van der Waals surface area (Å²) >= 11 is 1.79. The van der Waals surface area contributed by atoms with Crippen LogP contribution in [0.15, 0.2) is 0 Å². The van der Waals surface area contributed by atoms with Crippen molar-refractivity contribution < 1.29 is 14.6 Å². The summed E-state index contributed by atoms with van der Waals surface area (Å²) in [6, 6.07) is 0. The highest BCUT2D eigenvalue weighted by Crippen LogP contribution is 2.14. The van der Waals surface area contributed by atoms with Crippen LogP contribution in [0.1, 0.15) is 20.3 Å². The predicted octanol–water partition coefficient (Wildman–Crippen LogP) is 1.54. The molecule has 2 unspecified atom stereocenters. The third-order valence-corrected chi connectivity index (χ3v) is 3.37. The van der Waals surface area contributed by atoms with Gasteiger partial charge in [0, 0.05) is 18.1 Å². The van der Waals surface area contributed by atoms with Gasteiger partial charge in [0.25, 0.3) is 0 Å². The van der Waals surface area contributed by atoms with Crippen molar-refractivity contribution in [1.29, 1.82) is 0 Å². The maximum atomic E-state index is 9.51. The number of hydrogen-bond donors (Lipinski definition) is 1. The number of aliphatic hydroxyl groups is 1. The van der Waals surface area contributed by atoms with Crippen LogP contribution in [0, 0.1) is 0 Å². The van der Waals surface area contributed by atoms with Gasteiger partial charge >= 0.3 is 0 Å². The third kappa shape index (κ3) is 8.81. The molecule has 2 atom stereocenters. The van der Waals surface area contributed by atoms with Crippen molar-refractivity contribution in [2.24, 2.45) is 0 Å². The minimum atomic E-state index is -0.356. The lowest BCUT2D eigenvalue weighted by Crippen LogP contribution is -2.20. The van der Waals surface area contributed by atoms with Crippen molar-refractivity contribution in [2.75, 3.05) is 32.7 Å². The summed E-state index contributed by atoms with van der Waals surface area (Å²) in [6.45, 7) is 5.88. The Morgan fingerprint density at radius 1 is 1.36 bits per heavy atom. The van der Waals surface area contributed by atoms with E-state index in [-0.39, 0.29) is 6.10 Å². The Kier molecular flexibility index (Phi) is 9.93. The fourth-order valence-corrected chi connectivity index (χ4v) is 1.69. The molecule has 0 saturated heterocycles. The molecule has 0 rings (SSSR count). The van der Waals surface area contributed by atoms with E-state index in [1.165, 1.54) is 0 Å². The van der Waals surface area contributed by atoms with E-state index in [9.17, 15) is 5.11 Å². The maximum Gasteiger partial charge on any atom is 0.0863 e. The summed E-state index contributed by atoms with van der Waals surface area (Å²) in [7, 11) is 1.64. The third-order valence-electron chi connectivity index (χ3n) is 1.89. The number of ether oxygens (including phenoxy) is 2. The molecule has 0 spiro atoms. The Balaban J connectivity index is 3.23. The van der Waals surface area contributed by atoms with Gasteiger partial charge in [0.1, 0.15) is 0 Å². The van der Waals surface area contributed by atoms with Gasteiger partial charge in [-0.05, 0) is 6.42 Å². The number of methoxy groups -OCH3 is 1. The lowest BCUT2D eigenvalue weighted by Gasteiger charge is -2.13. The van der Waals surface area contributed by atoms with E-state index in [1.54, 1.807) is 18.9 Å². The highest BCUT2D eigenvalue weighted by Gasteiger charge is 2.06. The molecule has 0 aromatic rings. The Morgan fingerprint density at radius 2 is 2.07 bits per heavy atom. The molecule has 0 aliphatic carbocycles. The summed E-state index contributed by atoms with van der Waals surface area (Å²) in [5.41, 5.74) is 0. The van der Waals surface area contributed by atoms with E-state index < -0.39 is 0 Å². The molecule has 4 heteroatoms. The Hall–Kier alpha value is 0.230. The molecule has 0 fully saturated rings. The second-order valence-corrected chi connectivity index (χ2v) is 4.75. The van der Waals surface area contributed by atoms with Crippen molar-refractivity contribution in [2.45, 2.75) is 31.6 Å². The number of aliphatic hydroxyl groups excluding tert-OH is 1. The molecule has 0 aromatic heterocycles. The van der Waals surface area contributed by atoms with Crippen molar-refractivity contribution in [1.82, 2.24) is 0 Å². The van der Waals surface area contributed by atoms with Gasteiger partial charge in [-0.2, -0.15) is 11.8 Å². The summed E-state index contributed by atoms with van der Waals surface area (Å²) < 4.78 is 10.0. The van der Waals surface area contributed by atoms with Crippen LogP contribution in [0.5, 0.6) is 0 Å². The molecule has 0 heterocycles. The second kappa shape index (κ2) is 9.77. The lowest BCUT2D eigenvalue weighted by molar-refractivity contribution is 0.0218. The fourth-order valence-electron chi connectivity index (χ4n) is 0.803. The summed E-state index contributed by atoms with van der Waals surface area (Å²) in [6.07, 6.45) is 0.785. The smallest absolute Gasteiger partial charge is 0.0863 e. The van der Waals surface area contributed by atoms with E-state index in [4.69, 9.17) is 9.47 Å². The van der Waals surface area contributed by atoms with Crippen LogP contribution in [0.25, 0.3) is 0 Å². The molecular formula is C10H22O3S. The first kappa shape index (κ1) is 14.2. The van der Waals surface area contributed by atoms with Gasteiger partial charge in [0.2, 0.25) is 0 Å². The van der Waals surface area contributed by atoms with Crippen molar-refractivity contribution in [3.8, 4) is 0 Å². The highest BCUT2D eigenvalue weighted by molar-refractivity contribution is 7.99. The van der Waals surface area contributed by atoms with Crippen LogP contribution in [0.4, 0.5) is 0 Å². The van der Waals surface area contributed by atoms with Crippen molar-refractivity contribution in [3.63, 3.8) is 0 Å². The van der Waals surface area contributed by atoms with Crippen LogP contribution in [-0.4, -0.2) is 49.1 Å². The largest absolute Gasteiger partial charge is 0.390 e. The molecule has 0 aromatic carbocycles. The van der Waals surface area contributed by atoms with Gasteiger partial charge in [-0.1, -0.05) is 13.8 Å². The van der Waals surface area contributed by atoms with Gasteiger partial charge < -0.3 is 14.6 Å². The van der Waals surface area contributed by atoms with Crippen LogP contribution < -0.4 is 0 Å². The van der Waals surface area contributed by atoms with Gasteiger partial charge in [0.15, 0.2) is 0 Å². The fraction of sp³-hybridized carbons (Fsp3) is 1.00. The molecule has 0 aliphatic rings. The van der Waals surface area contributed by atoms with Gasteiger partial charge in [-0.15, -0.1) is 0 Å². The zero-order chi connectivity index (χ0) is 10.8. The topological polar surface area (TPSA) is 38.7 Å². The van der Waals surface area contributed by atoms with Crippen LogP contribution in [0.3, 0.4) is 0 Å². The van der Waals surface area contributed by atoms with Gasteiger partial charge in [-0.25, -0.2) is 0 Å². The Morgan fingerprint density at radius 3 is 2.64 bits per heavy atom. The van der Waals surface area contributed by atoms with Crippen LogP contribution in [0.2, 0.25) is 0 Å². The van der Waals surface area contributed by atoms with E-state index >= 15 is 0 Å². The maximum absolute atomic E-state index is 9.51. The molecule has 14 heavy (non-hydrogen) atoms. The molecule has 86 valence electrons. The average molecular weight is 222 g/mol. The Labute approximate surface area is 91.2 Å². The van der Waals surface area contributed by atoms with Crippen molar-refractivity contribution in [3.05, 3.63) is 0 Å². The monoisotopic (exact) mass is 222 g/mol. The molecule has 0 amide bonds. The van der Waals surface area contributed by atoms with E-state index in [1.807, 2.05) is 0 Å². The molecule has 0 saturated carbocycles. The van der Waals surface area contributed by atoms with Gasteiger partial charge in [-0.3, -0.25) is 0 Å². The highest BCUT2D eigenvalue weighted by atomic mass is 32.2. The van der Waals surface area contributed by atoms with Crippen molar-refractivity contribution >= 4 is 11.8 Å². The molecule has 0 aliphatic heterocycles. The van der Waals surface area contributed by atoms with Crippen LogP contribution >= 0.6 is 11.8 Å². The first-order valence-electron chi connectivity index (χ1n) is 5.07. The Bertz CT molecular complexity index is 122. The quantitative estimate of drug-likeness (QED) is 0.601. The molecule has 1 N–H and O–H groups in total. The minimum absolute atomic E-state index is 0.356. The summed E-state index contributed by atoms with van der Waals surface area (Å²) in [4.78, 5) is 0. The number of thioether (sulfide) groups is 1. The SMILES string of the molecule is CCC(C)SCC(O)COCCOC. The summed E-state index contributed by atoms with van der Waals surface area (Å²) in [5, 5.41) is 10.1. The van der Waals surface area contributed by atoms with Gasteiger partial charge in [0.05, 0.1) is 25.9 Å². The lowest BCUT2D eigenvalue weighted by atomic mass is 10.4. The molecule has 3 nitrogen and oxygen atoms in total. The number of rotatable bonds is 9. The molecular weight excluding hydrogens is 200 g/mol. The summed E-state index contributed by atoms with van der Waals surface area (Å²) in [5.74, 6) is 0.752. The van der Waals surface area contributed by atoms with E-state index in [2.05, 4.69) is 13.8 Å².